The second-order valence-electron chi connectivity index (χ2n) is 4.91. The normalized spacial score (nSPS) is 19.3. The van der Waals surface area contributed by atoms with Crippen molar-refractivity contribution in [3.63, 3.8) is 0 Å². The molecule has 0 bridgehead atoms. The standard InChI is InChI=1S/C13H19N3O2/c1-9-6-12(13(16(17)18)7-10(9)2)15-5-3-4-11(15)8-14/h6-7,11H,3-5,8,14H2,1-2H3. The molecule has 2 N–H and O–H groups in total. The molecule has 0 amide bonds. The Kier molecular flexibility index (Phi) is 3.52. The van der Waals surface area contributed by atoms with Crippen molar-refractivity contribution in [2.45, 2.75) is 32.7 Å². The van der Waals surface area contributed by atoms with Crippen molar-refractivity contribution in [2.75, 3.05) is 18.0 Å². The number of nitro benzene ring substituents is 1. The molecular formula is C13H19N3O2. The monoisotopic (exact) mass is 249 g/mol. The third-order valence-corrected chi connectivity index (χ3v) is 3.75. The van der Waals surface area contributed by atoms with E-state index in [1.165, 1.54) is 0 Å². The van der Waals surface area contributed by atoms with E-state index < -0.39 is 0 Å². The molecule has 1 heterocycles. The molecule has 1 atom stereocenters. The van der Waals surface area contributed by atoms with E-state index in [9.17, 15) is 10.1 Å². The van der Waals surface area contributed by atoms with E-state index in [0.29, 0.717) is 6.54 Å². The largest absolute Gasteiger partial charge is 0.362 e. The van der Waals surface area contributed by atoms with Crippen LogP contribution < -0.4 is 10.6 Å². The maximum Gasteiger partial charge on any atom is 0.292 e. The van der Waals surface area contributed by atoms with Gasteiger partial charge in [0.25, 0.3) is 5.69 Å². The van der Waals surface area contributed by atoms with E-state index in [1.807, 2.05) is 19.9 Å². The van der Waals surface area contributed by atoms with Gasteiger partial charge in [0.2, 0.25) is 0 Å². The number of hydrogen-bond donors (Lipinski definition) is 1. The molecule has 1 aliphatic heterocycles. The van der Waals surface area contributed by atoms with E-state index in [0.717, 1.165) is 36.2 Å². The van der Waals surface area contributed by atoms with Gasteiger partial charge in [-0.05, 0) is 43.9 Å². The second-order valence-corrected chi connectivity index (χ2v) is 4.91. The van der Waals surface area contributed by atoms with Gasteiger partial charge in [0.15, 0.2) is 0 Å². The van der Waals surface area contributed by atoms with Crippen molar-refractivity contribution in [1.29, 1.82) is 0 Å². The van der Waals surface area contributed by atoms with Gasteiger partial charge >= 0.3 is 0 Å². The third-order valence-electron chi connectivity index (χ3n) is 3.75. The molecule has 1 aliphatic rings. The summed E-state index contributed by atoms with van der Waals surface area (Å²) < 4.78 is 0. The summed E-state index contributed by atoms with van der Waals surface area (Å²) in [7, 11) is 0. The number of hydrogen-bond acceptors (Lipinski definition) is 4. The molecular weight excluding hydrogens is 230 g/mol. The Morgan fingerprint density at radius 2 is 2.11 bits per heavy atom. The summed E-state index contributed by atoms with van der Waals surface area (Å²) in [4.78, 5) is 13.0. The Morgan fingerprint density at radius 3 is 2.72 bits per heavy atom. The van der Waals surface area contributed by atoms with Crippen LogP contribution in [0.5, 0.6) is 0 Å². The van der Waals surface area contributed by atoms with Gasteiger partial charge in [-0.25, -0.2) is 0 Å². The fraction of sp³-hybridized carbons (Fsp3) is 0.538. The molecule has 1 unspecified atom stereocenters. The number of nitrogens with two attached hydrogens (primary N) is 1. The lowest BCUT2D eigenvalue weighted by atomic mass is 10.1. The summed E-state index contributed by atoms with van der Waals surface area (Å²) >= 11 is 0. The molecule has 5 nitrogen and oxygen atoms in total. The van der Waals surface area contributed by atoms with Crippen LogP contribution in [0.25, 0.3) is 0 Å². The van der Waals surface area contributed by atoms with Crippen LogP contribution in [-0.4, -0.2) is 24.1 Å². The van der Waals surface area contributed by atoms with Gasteiger partial charge in [0, 0.05) is 25.2 Å². The zero-order valence-corrected chi connectivity index (χ0v) is 10.8. The first-order chi connectivity index (χ1) is 8.54. The van der Waals surface area contributed by atoms with Crippen molar-refractivity contribution in [1.82, 2.24) is 0 Å². The number of nitrogens with zero attached hydrogens (tertiary/aromatic N) is 2. The van der Waals surface area contributed by atoms with Crippen molar-refractivity contribution < 1.29 is 4.92 Å². The average Bonchev–Trinajstić information content (AvgIpc) is 2.79. The summed E-state index contributed by atoms with van der Waals surface area (Å²) in [6.07, 6.45) is 2.06. The van der Waals surface area contributed by atoms with Gasteiger partial charge in [-0.15, -0.1) is 0 Å². The Bertz CT molecular complexity index is 474. The first-order valence-electron chi connectivity index (χ1n) is 6.27. The van der Waals surface area contributed by atoms with Crippen LogP contribution in [0.2, 0.25) is 0 Å². The number of rotatable bonds is 3. The molecule has 0 spiro atoms. The van der Waals surface area contributed by atoms with Gasteiger partial charge < -0.3 is 10.6 Å². The lowest BCUT2D eigenvalue weighted by Gasteiger charge is -2.26. The highest BCUT2D eigenvalue weighted by molar-refractivity contribution is 5.67. The van der Waals surface area contributed by atoms with Gasteiger partial charge in [0.1, 0.15) is 5.69 Å². The number of anilines is 1. The molecule has 1 aromatic carbocycles. The Balaban J connectivity index is 2.48. The highest BCUT2D eigenvalue weighted by Crippen LogP contribution is 2.35. The summed E-state index contributed by atoms with van der Waals surface area (Å²) in [6, 6.07) is 3.81. The molecule has 98 valence electrons. The van der Waals surface area contributed by atoms with E-state index in [2.05, 4.69) is 4.90 Å². The minimum Gasteiger partial charge on any atom is -0.362 e. The molecule has 0 aliphatic carbocycles. The summed E-state index contributed by atoms with van der Waals surface area (Å²) in [6.45, 7) is 5.28. The fourth-order valence-corrected chi connectivity index (χ4v) is 2.56. The van der Waals surface area contributed by atoms with Crippen molar-refractivity contribution in [2.24, 2.45) is 5.73 Å². The first kappa shape index (κ1) is 12.8. The van der Waals surface area contributed by atoms with Crippen molar-refractivity contribution in [3.8, 4) is 0 Å². The minimum atomic E-state index is -0.298. The predicted octanol–water partition coefficient (Wildman–Crippen LogP) is 2.14. The molecule has 0 aromatic heterocycles. The highest BCUT2D eigenvalue weighted by atomic mass is 16.6. The molecule has 0 saturated carbocycles. The van der Waals surface area contributed by atoms with Crippen LogP contribution in [0.3, 0.4) is 0 Å². The Labute approximate surface area is 107 Å². The SMILES string of the molecule is Cc1cc(N2CCCC2CN)c([N+](=O)[O-])cc1C. The van der Waals surface area contributed by atoms with E-state index in [-0.39, 0.29) is 16.7 Å². The number of benzene rings is 1. The Morgan fingerprint density at radius 1 is 1.44 bits per heavy atom. The summed E-state index contributed by atoms with van der Waals surface area (Å²) in [5, 5.41) is 11.2. The molecule has 5 heteroatoms. The zero-order valence-electron chi connectivity index (χ0n) is 10.8. The summed E-state index contributed by atoms with van der Waals surface area (Å²) in [5.74, 6) is 0. The smallest absolute Gasteiger partial charge is 0.292 e. The maximum atomic E-state index is 11.2. The molecule has 2 rings (SSSR count). The second kappa shape index (κ2) is 4.94. The van der Waals surface area contributed by atoms with Gasteiger partial charge in [0.05, 0.1) is 4.92 Å². The molecule has 18 heavy (non-hydrogen) atoms. The lowest BCUT2D eigenvalue weighted by Crippen LogP contribution is -2.35. The van der Waals surface area contributed by atoms with Gasteiger partial charge in [-0.1, -0.05) is 0 Å². The van der Waals surface area contributed by atoms with E-state index in [4.69, 9.17) is 5.73 Å². The molecule has 1 saturated heterocycles. The third kappa shape index (κ3) is 2.18. The maximum absolute atomic E-state index is 11.2. The van der Waals surface area contributed by atoms with Crippen LogP contribution in [0, 0.1) is 24.0 Å². The van der Waals surface area contributed by atoms with Crippen LogP contribution in [0.15, 0.2) is 12.1 Å². The van der Waals surface area contributed by atoms with Crippen LogP contribution in [-0.2, 0) is 0 Å². The lowest BCUT2D eigenvalue weighted by molar-refractivity contribution is -0.384. The summed E-state index contributed by atoms with van der Waals surface area (Å²) in [5.41, 5.74) is 8.69. The van der Waals surface area contributed by atoms with Crippen molar-refractivity contribution in [3.05, 3.63) is 33.4 Å². The topological polar surface area (TPSA) is 72.4 Å². The zero-order chi connectivity index (χ0) is 13.3. The quantitative estimate of drug-likeness (QED) is 0.658. The number of nitro groups is 1. The average molecular weight is 249 g/mol. The van der Waals surface area contributed by atoms with E-state index in [1.54, 1.807) is 6.07 Å². The minimum absolute atomic E-state index is 0.193. The molecule has 1 aromatic rings. The van der Waals surface area contributed by atoms with Crippen LogP contribution in [0.1, 0.15) is 24.0 Å². The molecule has 1 fully saturated rings. The van der Waals surface area contributed by atoms with E-state index >= 15 is 0 Å². The Hall–Kier alpha value is -1.62. The predicted molar refractivity (Wildman–Crippen MR) is 72.0 cm³/mol. The van der Waals surface area contributed by atoms with Crippen LogP contribution in [0.4, 0.5) is 11.4 Å². The fourth-order valence-electron chi connectivity index (χ4n) is 2.56. The molecule has 0 radical (unpaired) electrons. The highest BCUT2D eigenvalue weighted by Gasteiger charge is 2.29. The first-order valence-corrected chi connectivity index (χ1v) is 6.27. The number of aryl methyl sites for hydroxylation is 2. The van der Waals surface area contributed by atoms with Gasteiger partial charge in [-0.2, -0.15) is 0 Å². The van der Waals surface area contributed by atoms with Crippen molar-refractivity contribution >= 4 is 11.4 Å². The van der Waals surface area contributed by atoms with Crippen LogP contribution >= 0.6 is 0 Å². The van der Waals surface area contributed by atoms with Gasteiger partial charge in [-0.3, -0.25) is 10.1 Å².